The Bertz CT molecular complexity index is 1610. The number of alkyl halides is 3. The van der Waals surface area contributed by atoms with Crippen LogP contribution in [0.5, 0.6) is 0 Å². The van der Waals surface area contributed by atoms with Gasteiger partial charge < -0.3 is 10.8 Å². The highest BCUT2D eigenvalue weighted by Gasteiger charge is 2.50. The summed E-state index contributed by atoms with van der Waals surface area (Å²) in [5, 5.41) is 18.7. The van der Waals surface area contributed by atoms with E-state index in [1.165, 1.54) is 48.5 Å². The van der Waals surface area contributed by atoms with Gasteiger partial charge in [0.15, 0.2) is 6.10 Å². The minimum absolute atomic E-state index is 0.00399. The van der Waals surface area contributed by atoms with Crippen LogP contribution in [0.3, 0.4) is 0 Å². The molecule has 1 heterocycles. The van der Waals surface area contributed by atoms with Crippen molar-refractivity contribution in [1.29, 1.82) is 0 Å². The molecule has 2 aromatic carbocycles. The monoisotopic (exact) mass is 604 g/mol. The second-order valence-corrected chi connectivity index (χ2v) is 12.4. The van der Waals surface area contributed by atoms with Crippen molar-refractivity contribution in [2.75, 3.05) is 0 Å². The lowest BCUT2D eigenvalue weighted by Gasteiger charge is -2.37. The number of rotatable bonds is 10. The molecular weight excluding hydrogens is 576 g/mol. The molecule has 4 atom stereocenters. The molecule has 1 amide bonds. The van der Waals surface area contributed by atoms with E-state index in [2.05, 4.69) is 15.0 Å². The summed E-state index contributed by atoms with van der Waals surface area (Å²) in [7, 11) is -4.56. The molecule has 0 bridgehead atoms. The third-order valence-corrected chi connectivity index (χ3v) is 9.29. The zero-order valence-electron chi connectivity index (χ0n) is 22.2. The Balaban J connectivity index is 1.55. The van der Waals surface area contributed by atoms with Crippen LogP contribution in [0.2, 0.25) is 0 Å². The van der Waals surface area contributed by atoms with Gasteiger partial charge in [-0.15, -0.1) is 0 Å². The molecule has 0 fully saturated rings. The highest BCUT2D eigenvalue weighted by atomic mass is 32.2. The molecule has 3 unspecified atom stereocenters. The fraction of sp³-hybridized carbons (Fsp3) is 0.345. The number of nitrogens with one attached hydrogen (secondary N) is 1. The van der Waals surface area contributed by atoms with Gasteiger partial charge in [-0.25, -0.2) is 17.5 Å². The molecule has 2 aliphatic carbocycles. The van der Waals surface area contributed by atoms with E-state index < -0.39 is 57.7 Å². The number of primary amides is 1. The van der Waals surface area contributed by atoms with E-state index in [0.717, 1.165) is 16.7 Å². The number of carbonyl (C=O) groups excluding carboxylic acids is 1. The van der Waals surface area contributed by atoms with E-state index >= 15 is 0 Å². The number of hydrogen-bond donors (Lipinski definition) is 3. The van der Waals surface area contributed by atoms with Crippen LogP contribution in [0, 0.1) is 17.7 Å². The third-order valence-electron chi connectivity index (χ3n) is 7.97. The number of sulfonamides is 1. The van der Waals surface area contributed by atoms with Gasteiger partial charge in [0.2, 0.25) is 15.9 Å². The third kappa shape index (κ3) is 6.37. The van der Waals surface area contributed by atoms with Crippen LogP contribution in [0.1, 0.15) is 40.7 Å². The average molecular weight is 605 g/mol. The molecule has 3 aliphatic rings. The van der Waals surface area contributed by atoms with Gasteiger partial charge >= 0.3 is 6.18 Å². The Kier molecular flexibility index (Phi) is 8.19. The van der Waals surface area contributed by atoms with E-state index in [1.807, 2.05) is 6.08 Å². The minimum Gasteiger partial charge on any atom is -0.382 e. The standard InChI is InChI=1S/C29H28F4N4O4S/c30-20-8-5-16(6-9-20)11-24(22-10-7-17-13-25-19(12-23(17)22)14-35-36-25)26(27(38)29(31,32)33)37-42(40,41)15-18-3-1-2-4-21(18)28(34)39/h1-6,8-9,13-14,22,24,26-27,37-38H,7,10-12,15H2,(H2,34,39)/t22-,24?,26?,27?/m1/s1. The smallest absolute Gasteiger partial charge is 0.382 e. The predicted molar refractivity (Wildman–Crippen MR) is 146 cm³/mol. The second kappa shape index (κ2) is 11.5. The molecule has 0 spiro atoms. The molecule has 42 heavy (non-hydrogen) atoms. The lowest BCUT2D eigenvalue weighted by Crippen LogP contribution is -2.56. The Hall–Kier alpha value is -3.68. The van der Waals surface area contributed by atoms with Gasteiger partial charge in [0, 0.05) is 11.1 Å². The number of benzene rings is 2. The summed E-state index contributed by atoms with van der Waals surface area (Å²) in [6.45, 7) is 0. The summed E-state index contributed by atoms with van der Waals surface area (Å²) in [6.07, 6.45) is -3.55. The van der Waals surface area contributed by atoms with Crippen LogP contribution in [0.15, 0.2) is 93.5 Å². The largest absolute Gasteiger partial charge is 0.415 e. The maximum absolute atomic E-state index is 14.2. The first-order valence-corrected chi connectivity index (χ1v) is 14.9. The van der Waals surface area contributed by atoms with E-state index in [9.17, 15) is 35.9 Å². The van der Waals surface area contributed by atoms with Crippen molar-refractivity contribution in [1.82, 2.24) is 4.72 Å². The molecule has 0 saturated carbocycles. The normalized spacial score (nSPS) is 20.5. The summed E-state index contributed by atoms with van der Waals surface area (Å²) in [6, 6.07) is 8.82. The van der Waals surface area contributed by atoms with Crippen LogP contribution in [0.25, 0.3) is 0 Å². The highest BCUT2D eigenvalue weighted by molar-refractivity contribution is 7.88. The van der Waals surface area contributed by atoms with Gasteiger partial charge in [0.25, 0.3) is 0 Å². The number of allylic oxidation sites excluding steroid dienone is 4. The van der Waals surface area contributed by atoms with Gasteiger partial charge in [-0.3, -0.25) is 4.79 Å². The fourth-order valence-corrected chi connectivity index (χ4v) is 7.49. The molecule has 0 radical (unpaired) electrons. The van der Waals surface area contributed by atoms with Crippen molar-refractivity contribution in [2.24, 2.45) is 27.8 Å². The van der Waals surface area contributed by atoms with Gasteiger partial charge in [0.05, 0.1) is 23.7 Å². The highest BCUT2D eigenvalue weighted by Crippen LogP contribution is 2.48. The summed E-state index contributed by atoms with van der Waals surface area (Å²) in [5.74, 6) is -3.89. The van der Waals surface area contributed by atoms with Crippen molar-refractivity contribution in [3.63, 3.8) is 0 Å². The van der Waals surface area contributed by atoms with Gasteiger partial charge in [-0.05, 0) is 78.5 Å². The minimum atomic E-state index is -5.17. The molecule has 13 heteroatoms. The Morgan fingerprint density at radius 1 is 1.14 bits per heavy atom. The second-order valence-electron chi connectivity index (χ2n) is 10.7. The summed E-state index contributed by atoms with van der Waals surface area (Å²) >= 11 is 0. The number of azo groups is 1. The first-order chi connectivity index (χ1) is 19.8. The van der Waals surface area contributed by atoms with Crippen LogP contribution < -0.4 is 10.5 Å². The summed E-state index contributed by atoms with van der Waals surface area (Å²) < 4.78 is 85.2. The summed E-state index contributed by atoms with van der Waals surface area (Å²) in [4.78, 5) is 11.9. The van der Waals surface area contributed by atoms with Crippen LogP contribution >= 0.6 is 0 Å². The predicted octanol–water partition coefficient (Wildman–Crippen LogP) is 4.84. The van der Waals surface area contributed by atoms with Crippen molar-refractivity contribution in [3.8, 4) is 0 Å². The topological polar surface area (TPSA) is 134 Å². The Morgan fingerprint density at radius 2 is 1.86 bits per heavy atom. The maximum atomic E-state index is 14.2. The van der Waals surface area contributed by atoms with Crippen LogP contribution in [-0.4, -0.2) is 37.8 Å². The molecule has 222 valence electrons. The van der Waals surface area contributed by atoms with Gasteiger partial charge in [-0.1, -0.05) is 35.9 Å². The van der Waals surface area contributed by atoms with Crippen LogP contribution in [0.4, 0.5) is 17.6 Å². The fourth-order valence-electron chi connectivity index (χ4n) is 6.03. The van der Waals surface area contributed by atoms with Gasteiger partial charge in [0.1, 0.15) is 5.82 Å². The number of nitrogens with two attached hydrogens (primary N) is 1. The van der Waals surface area contributed by atoms with Gasteiger partial charge in [-0.2, -0.15) is 23.4 Å². The van der Waals surface area contributed by atoms with Crippen LogP contribution in [-0.2, 0) is 22.2 Å². The molecule has 1 aliphatic heterocycles. The molecule has 5 rings (SSSR count). The molecule has 8 nitrogen and oxygen atoms in total. The van der Waals surface area contributed by atoms with Crippen molar-refractivity contribution in [3.05, 3.63) is 106 Å². The number of carbonyl (C=O) groups is 1. The molecular formula is C29H28F4N4O4S. The molecule has 2 aromatic rings. The number of aliphatic hydroxyl groups excluding tert-OH is 1. The Labute approximate surface area is 239 Å². The number of halogens is 4. The number of amides is 1. The maximum Gasteiger partial charge on any atom is 0.415 e. The first kappa shape index (κ1) is 29.8. The molecule has 0 saturated heterocycles. The van der Waals surface area contributed by atoms with Crippen molar-refractivity contribution >= 4 is 15.9 Å². The quantitative estimate of drug-likeness (QED) is 0.335. The lowest BCUT2D eigenvalue weighted by molar-refractivity contribution is -0.215. The number of aliphatic hydroxyl groups is 1. The SMILES string of the molecule is NC(=O)c1ccccc1CS(=O)(=O)NC(C(Cc1ccc(F)cc1)[C@@H]1CCC2=C1CC1=CN=NC1=C2)C(O)C(F)(F)F. The summed E-state index contributed by atoms with van der Waals surface area (Å²) in [5.41, 5.74) is 8.98. The van der Waals surface area contributed by atoms with Crippen molar-refractivity contribution < 1.29 is 35.9 Å². The molecule has 0 aromatic heterocycles. The number of fused-ring (bicyclic) bond motifs is 1. The van der Waals surface area contributed by atoms with Crippen molar-refractivity contribution in [2.45, 2.75) is 49.8 Å². The zero-order chi connectivity index (χ0) is 30.2. The number of hydrogen-bond acceptors (Lipinski definition) is 6. The van der Waals surface area contributed by atoms with E-state index in [-0.39, 0.29) is 17.5 Å². The van der Waals surface area contributed by atoms with E-state index in [4.69, 9.17) is 5.73 Å². The number of nitrogens with zero attached hydrogens (tertiary/aromatic N) is 2. The van der Waals surface area contributed by atoms with E-state index in [0.29, 0.717) is 30.5 Å². The van der Waals surface area contributed by atoms with E-state index in [1.54, 1.807) is 6.20 Å². The first-order valence-electron chi connectivity index (χ1n) is 13.2. The zero-order valence-corrected chi connectivity index (χ0v) is 23.0. The lowest BCUT2D eigenvalue weighted by atomic mass is 9.74. The Morgan fingerprint density at radius 3 is 2.55 bits per heavy atom. The average Bonchev–Trinajstić information content (AvgIpc) is 3.55. The molecule has 4 N–H and O–H groups in total.